The Balaban J connectivity index is -0.0000000575. The molecule has 0 rings (SSSR count). The van der Waals surface area contributed by atoms with Crippen LogP contribution in [0.5, 0.6) is 0 Å². The first kappa shape index (κ1) is 15.7. The van der Waals surface area contributed by atoms with Gasteiger partial charge in [0.05, 0.1) is 0 Å². The van der Waals surface area contributed by atoms with Crippen molar-refractivity contribution in [3.8, 4) is 0 Å². The summed E-state index contributed by atoms with van der Waals surface area (Å²) in [6, 6.07) is 0. The van der Waals surface area contributed by atoms with E-state index in [1.54, 1.807) is 0 Å². The molecule has 0 atom stereocenters. The smallest absolute Gasteiger partial charge is 0.652 e. The average Bonchev–Trinajstić information content (AvgIpc) is 1.33. The van der Waals surface area contributed by atoms with E-state index in [2.05, 4.69) is 0 Å². The molecule has 0 aromatic rings. The molecule has 5 nitrogen and oxygen atoms in total. The van der Waals surface area contributed by atoms with Gasteiger partial charge in [-0.05, 0) is 6.16 Å². The summed E-state index contributed by atoms with van der Waals surface area (Å²) in [5.41, 5.74) is 0. The maximum atomic E-state index is 8.33. The minimum absolute atomic E-state index is 0. The van der Waals surface area contributed by atoms with Crippen LogP contribution in [-0.4, -0.2) is 35.4 Å². The van der Waals surface area contributed by atoms with Crippen molar-refractivity contribution < 1.29 is 24.6 Å². The Bertz CT molecular complexity index is 78.4. The minimum Gasteiger partial charge on any atom is -0.652 e. The van der Waals surface area contributed by atoms with E-state index in [0.29, 0.717) is 0 Å². The van der Waals surface area contributed by atoms with Gasteiger partial charge in [0.15, 0.2) is 0 Å². The molecule has 0 aromatic heterocycles. The van der Waals surface area contributed by atoms with Gasteiger partial charge < -0.3 is 15.0 Å². The Morgan fingerprint density at radius 2 is 1.25 bits per heavy atom. The Hall–Kier alpha value is -0.584. The number of carboxylic acid groups (broad SMARTS) is 2. The zero-order valence-electron chi connectivity index (χ0n) is 3.75. The third-order valence-electron chi connectivity index (χ3n) is 0. The van der Waals surface area contributed by atoms with Crippen LogP contribution in [-0.2, 0) is 9.59 Å². The van der Waals surface area contributed by atoms with Crippen LogP contribution in [0.3, 0.4) is 0 Å². The van der Waals surface area contributed by atoms with Gasteiger partial charge in [0, 0.05) is 0 Å². The van der Waals surface area contributed by atoms with Crippen LogP contribution < -0.4 is 10.2 Å². The molecule has 0 unspecified atom stereocenters. The molecule has 0 fully saturated rings. The van der Waals surface area contributed by atoms with Gasteiger partial charge >= 0.3 is 29.2 Å². The summed E-state index contributed by atoms with van der Waals surface area (Å²) < 4.78 is 0. The van der Waals surface area contributed by atoms with Crippen molar-refractivity contribution in [3.05, 3.63) is 0 Å². The maximum absolute atomic E-state index is 8.33. The number of rotatable bonds is 0. The number of hydrogen-bond acceptors (Lipinski definition) is 5. The number of hydrogen-bond donors (Lipinski definition) is 0. The summed E-state index contributed by atoms with van der Waals surface area (Å²) in [4.78, 5) is 24.6. The molecule has 0 aliphatic heterocycles. The van der Waals surface area contributed by atoms with E-state index < -0.39 is 6.16 Å². The predicted molar refractivity (Wildman–Crippen MR) is 16.2 cm³/mol. The fourth-order valence-electron chi connectivity index (χ4n) is 0. The van der Waals surface area contributed by atoms with E-state index in [1.807, 2.05) is 0 Å². The van der Waals surface area contributed by atoms with Crippen molar-refractivity contribution >= 4 is 35.4 Å². The molecule has 0 saturated heterocycles. The van der Waals surface area contributed by atoms with Crippen LogP contribution in [0.25, 0.3) is 0 Å². The zero-order valence-corrected chi connectivity index (χ0v) is 5.16. The van der Waals surface area contributed by atoms with E-state index in [9.17, 15) is 0 Å². The van der Waals surface area contributed by atoms with Crippen molar-refractivity contribution in [1.29, 1.82) is 0 Å². The van der Waals surface area contributed by atoms with Crippen LogP contribution >= 0.6 is 0 Å². The molecule has 0 spiro atoms. The van der Waals surface area contributed by atoms with Gasteiger partial charge in [-0.3, -0.25) is 0 Å². The molecule has 0 N–H and O–H groups in total. The summed E-state index contributed by atoms with van der Waals surface area (Å²) in [6.07, 6.45) is -2.08. The fourth-order valence-corrected chi connectivity index (χ4v) is 0. The van der Waals surface area contributed by atoms with Crippen molar-refractivity contribution in [3.63, 3.8) is 0 Å². The molecule has 6 heteroatoms. The Kier molecular flexibility index (Phi) is 31.6. The fraction of sp³-hybridized carbons (Fsp3) is 0. The zero-order chi connectivity index (χ0) is 6.28. The molecule has 40 valence electrons. The molecule has 0 bridgehead atoms. The van der Waals surface area contributed by atoms with Crippen molar-refractivity contribution in [2.24, 2.45) is 0 Å². The molecule has 0 aliphatic carbocycles. The summed E-state index contributed by atoms with van der Waals surface area (Å²) in [5, 5.41) is 16.7. The molecule has 0 aromatic carbocycles. The topological polar surface area (TPSA) is 97.3 Å². The molecular weight excluding hydrogens is 128 g/mol. The first-order valence-electron chi connectivity index (χ1n) is 1.02. The Labute approximate surface area is 60.5 Å². The third-order valence-corrected chi connectivity index (χ3v) is 0. The van der Waals surface area contributed by atoms with Gasteiger partial charge in [-0.2, -0.15) is 9.59 Å². The average molecular weight is 128 g/mol. The van der Waals surface area contributed by atoms with E-state index in [-0.39, 0.29) is 29.2 Å². The summed E-state index contributed by atoms with van der Waals surface area (Å²) in [5.74, 6) is 0. The van der Waals surface area contributed by atoms with E-state index in [1.165, 1.54) is 0 Å². The second-order valence-electron chi connectivity index (χ2n) is 0.333. The molecule has 8 heavy (non-hydrogen) atoms. The first-order valence-corrected chi connectivity index (χ1v) is 1.02. The van der Waals surface area contributed by atoms with Crippen LogP contribution in [0.15, 0.2) is 0 Å². The van der Waals surface area contributed by atoms with Gasteiger partial charge in [-0.15, -0.1) is 0 Å². The van der Waals surface area contributed by atoms with Gasteiger partial charge in [0.1, 0.15) is 0 Å². The molecule has 0 aliphatic rings. The van der Waals surface area contributed by atoms with E-state index >= 15 is 0 Å². The largest absolute Gasteiger partial charge is 2.00 e. The minimum atomic E-state index is -2.33. The van der Waals surface area contributed by atoms with Crippen molar-refractivity contribution in [2.75, 3.05) is 0 Å². The monoisotopic (exact) mass is 128 g/mol. The Morgan fingerprint density at radius 1 is 1.25 bits per heavy atom. The number of carbonyl (C=O) groups is 1. The van der Waals surface area contributed by atoms with Gasteiger partial charge in [0.25, 0.3) is 0 Å². The SMILES string of the molecule is O=C([O-])[O-].O=C=O.[Mg+2]. The van der Waals surface area contributed by atoms with Crippen molar-refractivity contribution in [1.82, 2.24) is 0 Å². The predicted octanol–water partition coefficient (Wildman–Crippen LogP) is -3.41. The Morgan fingerprint density at radius 3 is 1.25 bits per heavy atom. The van der Waals surface area contributed by atoms with Crippen LogP contribution in [0.4, 0.5) is 4.79 Å². The molecular formula is C2MgO5. The standard InChI is InChI=1S/CH2O3.CO2.Mg/c2-1(3)4;2-1-3;/h(H2,2,3,4);;/q;;+2/p-2. The van der Waals surface area contributed by atoms with Crippen LogP contribution in [0.1, 0.15) is 0 Å². The maximum Gasteiger partial charge on any atom is 2.00 e. The molecule has 0 heterocycles. The van der Waals surface area contributed by atoms with Crippen LogP contribution in [0.2, 0.25) is 0 Å². The third kappa shape index (κ3) is 310. The van der Waals surface area contributed by atoms with E-state index in [0.717, 1.165) is 0 Å². The van der Waals surface area contributed by atoms with Gasteiger partial charge in [-0.25, -0.2) is 0 Å². The second-order valence-corrected chi connectivity index (χ2v) is 0.333. The summed E-state index contributed by atoms with van der Waals surface area (Å²) >= 11 is 0. The van der Waals surface area contributed by atoms with Gasteiger partial charge in [-0.1, -0.05) is 0 Å². The summed E-state index contributed by atoms with van der Waals surface area (Å²) in [6.45, 7) is 0. The normalized spacial score (nSPS) is 4.00. The molecule has 0 radical (unpaired) electrons. The van der Waals surface area contributed by atoms with Crippen LogP contribution in [0, 0.1) is 0 Å². The second kappa shape index (κ2) is 16.1. The van der Waals surface area contributed by atoms with E-state index in [4.69, 9.17) is 24.6 Å². The van der Waals surface area contributed by atoms with Gasteiger partial charge in [0.2, 0.25) is 0 Å². The van der Waals surface area contributed by atoms with Crippen molar-refractivity contribution in [2.45, 2.75) is 0 Å². The quantitative estimate of drug-likeness (QED) is 0.317. The molecule has 0 amide bonds. The first-order chi connectivity index (χ1) is 3.15. The number of carbonyl (C=O) groups excluding carboxylic acids is 3. The summed E-state index contributed by atoms with van der Waals surface area (Å²) in [7, 11) is 0. The molecule has 0 saturated carbocycles.